The third-order valence-electron chi connectivity index (χ3n) is 2.68. The van der Waals surface area contributed by atoms with E-state index in [2.05, 4.69) is 35.6 Å². The van der Waals surface area contributed by atoms with Gasteiger partial charge >= 0.3 is 0 Å². The van der Waals surface area contributed by atoms with Gasteiger partial charge in [0.15, 0.2) is 0 Å². The van der Waals surface area contributed by atoms with Crippen LogP contribution in [0.4, 0.5) is 5.13 Å². The van der Waals surface area contributed by atoms with Crippen LogP contribution in [0.5, 0.6) is 0 Å². The molecule has 2 aromatic rings. The molecule has 0 aliphatic rings. The number of rotatable bonds is 5. The van der Waals surface area contributed by atoms with E-state index in [-0.39, 0.29) is 5.91 Å². The van der Waals surface area contributed by atoms with Crippen LogP contribution in [-0.4, -0.2) is 22.4 Å². The topological polar surface area (TPSA) is 54.9 Å². The molecule has 20 heavy (non-hydrogen) atoms. The number of anilines is 1. The fraction of sp³-hybridized carbons (Fsp3) is 0.357. The number of carbonyl (C=O) groups is 1. The van der Waals surface area contributed by atoms with Gasteiger partial charge in [0.05, 0.1) is 0 Å². The highest BCUT2D eigenvalue weighted by Crippen LogP contribution is 2.22. The number of hydrogen-bond acceptors (Lipinski definition) is 5. The number of benzene rings is 1. The summed E-state index contributed by atoms with van der Waals surface area (Å²) < 4.78 is 0. The zero-order chi connectivity index (χ0) is 14.5. The van der Waals surface area contributed by atoms with Crippen LogP contribution in [-0.2, 0) is 5.75 Å². The van der Waals surface area contributed by atoms with Crippen molar-refractivity contribution in [3.05, 3.63) is 40.4 Å². The third-order valence-corrected chi connectivity index (χ3v) is 4.44. The van der Waals surface area contributed by atoms with Crippen LogP contribution in [0.15, 0.2) is 24.3 Å². The average Bonchev–Trinajstić information content (AvgIpc) is 2.88. The normalized spacial score (nSPS) is 10.8. The largest absolute Gasteiger partial charge is 0.296 e. The highest BCUT2D eigenvalue weighted by Gasteiger charge is 2.11. The minimum atomic E-state index is -0.146. The summed E-state index contributed by atoms with van der Waals surface area (Å²) in [6, 6.07) is 7.63. The molecule has 1 aromatic heterocycles. The number of aromatic nitrogens is 2. The average molecular weight is 307 g/mol. The molecule has 0 aliphatic heterocycles. The Kier molecular flexibility index (Phi) is 5.14. The number of amides is 1. The molecule has 0 aliphatic carbocycles. The lowest BCUT2D eigenvalue weighted by atomic mass is 10.1. The zero-order valence-electron chi connectivity index (χ0n) is 11.7. The summed E-state index contributed by atoms with van der Waals surface area (Å²) in [6.45, 7) is 4.10. The maximum atomic E-state index is 12.1. The maximum absolute atomic E-state index is 12.1. The Hall–Kier alpha value is -1.40. The monoisotopic (exact) mass is 307 g/mol. The summed E-state index contributed by atoms with van der Waals surface area (Å²) in [5.74, 6) is 1.13. The van der Waals surface area contributed by atoms with Gasteiger partial charge in [0, 0.05) is 17.2 Å². The predicted molar refractivity (Wildman–Crippen MR) is 85.6 cm³/mol. The first-order chi connectivity index (χ1) is 9.60. The molecule has 1 heterocycles. The van der Waals surface area contributed by atoms with Crippen molar-refractivity contribution in [3.63, 3.8) is 0 Å². The maximum Gasteiger partial charge on any atom is 0.257 e. The van der Waals surface area contributed by atoms with Crippen LogP contribution in [0.1, 0.15) is 40.7 Å². The van der Waals surface area contributed by atoms with Crippen LogP contribution < -0.4 is 5.32 Å². The van der Waals surface area contributed by atoms with Gasteiger partial charge in [-0.15, -0.1) is 10.2 Å². The number of nitrogens with zero attached hydrogens (tertiary/aromatic N) is 2. The van der Waals surface area contributed by atoms with Crippen molar-refractivity contribution in [2.24, 2.45) is 0 Å². The van der Waals surface area contributed by atoms with Crippen LogP contribution in [0.2, 0.25) is 0 Å². The van der Waals surface area contributed by atoms with E-state index in [1.54, 1.807) is 11.8 Å². The molecular formula is C14H17N3OS2. The van der Waals surface area contributed by atoms with E-state index in [1.165, 1.54) is 16.9 Å². The highest BCUT2D eigenvalue weighted by molar-refractivity contribution is 7.97. The molecule has 0 fully saturated rings. The summed E-state index contributed by atoms with van der Waals surface area (Å²) >= 11 is 3.18. The second-order valence-corrected chi connectivity index (χ2v) is 6.56. The quantitative estimate of drug-likeness (QED) is 0.913. The number of hydrogen-bond donors (Lipinski definition) is 1. The smallest absolute Gasteiger partial charge is 0.257 e. The van der Waals surface area contributed by atoms with Gasteiger partial charge in [0.1, 0.15) is 5.01 Å². The molecule has 1 aromatic carbocycles. The van der Waals surface area contributed by atoms with Crippen molar-refractivity contribution in [1.82, 2.24) is 10.2 Å². The molecule has 106 valence electrons. The van der Waals surface area contributed by atoms with Crippen LogP contribution in [0.3, 0.4) is 0 Å². The van der Waals surface area contributed by atoms with Gasteiger partial charge in [-0.25, -0.2) is 0 Å². The Labute approximate surface area is 127 Å². The summed E-state index contributed by atoms with van der Waals surface area (Å²) in [6.07, 6.45) is 2.06. The minimum absolute atomic E-state index is 0.146. The van der Waals surface area contributed by atoms with E-state index in [0.29, 0.717) is 16.6 Å². The standard InChI is InChI=1S/C14H17N3OS2/c1-9(2)13-16-17-14(20-13)15-12(18)11-6-4-10(5-7-11)8-19-3/h4-7,9H,8H2,1-3H3,(H,15,17,18). The predicted octanol–water partition coefficient (Wildman–Crippen LogP) is 3.78. The van der Waals surface area contributed by atoms with Gasteiger partial charge in [-0.05, 0) is 24.0 Å². The molecule has 0 spiro atoms. The van der Waals surface area contributed by atoms with Crippen molar-refractivity contribution in [1.29, 1.82) is 0 Å². The molecular weight excluding hydrogens is 290 g/mol. The van der Waals surface area contributed by atoms with Crippen molar-refractivity contribution >= 4 is 34.1 Å². The SMILES string of the molecule is CSCc1ccc(C(=O)Nc2nnc(C(C)C)s2)cc1. The molecule has 4 nitrogen and oxygen atoms in total. The molecule has 1 amide bonds. The Morgan fingerprint density at radius 1 is 1.30 bits per heavy atom. The van der Waals surface area contributed by atoms with Gasteiger partial charge in [0.2, 0.25) is 5.13 Å². The fourth-order valence-corrected chi connectivity index (χ4v) is 2.87. The van der Waals surface area contributed by atoms with Gasteiger partial charge < -0.3 is 0 Å². The molecule has 2 rings (SSSR count). The fourth-order valence-electron chi connectivity index (χ4n) is 1.61. The Balaban J connectivity index is 2.03. The van der Waals surface area contributed by atoms with Crippen LogP contribution in [0.25, 0.3) is 0 Å². The molecule has 0 atom stereocenters. The molecule has 0 unspecified atom stereocenters. The molecule has 0 saturated heterocycles. The molecule has 0 radical (unpaired) electrons. The van der Waals surface area contributed by atoms with Crippen molar-refractivity contribution in [3.8, 4) is 0 Å². The minimum Gasteiger partial charge on any atom is -0.296 e. The Bertz CT molecular complexity index is 578. The second-order valence-electron chi connectivity index (χ2n) is 4.68. The van der Waals surface area contributed by atoms with Crippen molar-refractivity contribution < 1.29 is 4.79 Å². The van der Waals surface area contributed by atoms with E-state index < -0.39 is 0 Å². The second kappa shape index (κ2) is 6.85. The van der Waals surface area contributed by atoms with Crippen LogP contribution >= 0.6 is 23.1 Å². The first kappa shape index (κ1) is 15.0. The van der Waals surface area contributed by atoms with E-state index >= 15 is 0 Å². The summed E-state index contributed by atoms with van der Waals surface area (Å²) in [5.41, 5.74) is 1.85. The summed E-state index contributed by atoms with van der Waals surface area (Å²) in [7, 11) is 0. The number of carbonyl (C=O) groups excluding carboxylic acids is 1. The molecule has 0 saturated carbocycles. The van der Waals surface area contributed by atoms with Gasteiger partial charge in [-0.3, -0.25) is 10.1 Å². The van der Waals surface area contributed by atoms with Gasteiger partial charge in [0.25, 0.3) is 5.91 Å². The molecule has 0 bridgehead atoms. The molecule has 1 N–H and O–H groups in total. The zero-order valence-corrected chi connectivity index (χ0v) is 13.3. The lowest BCUT2D eigenvalue weighted by Gasteiger charge is -2.03. The lowest BCUT2D eigenvalue weighted by Crippen LogP contribution is -2.11. The van der Waals surface area contributed by atoms with E-state index in [0.717, 1.165) is 10.8 Å². The first-order valence-electron chi connectivity index (χ1n) is 6.32. The van der Waals surface area contributed by atoms with Gasteiger partial charge in [-0.1, -0.05) is 37.3 Å². The number of nitrogens with one attached hydrogen (secondary N) is 1. The van der Waals surface area contributed by atoms with Crippen molar-refractivity contribution in [2.75, 3.05) is 11.6 Å². The summed E-state index contributed by atoms with van der Waals surface area (Å²) in [5, 5.41) is 12.3. The Morgan fingerprint density at radius 2 is 2.00 bits per heavy atom. The highest BCUT2D eigenvalue weighted by atomic mass is 32.2. The summed E-state index contributed by atoms with van der Waals surface area (Å²) in [4.78, 5) is 12.1. The number of thioether (sulfide) groups is 1. The van der Waals surface area contributed by atoms with Crippen LogP contribution in [0, 0.1) is 0 Å². The van der Waals surface area contributed by atoms with E-state index in [1.807, 2.05) is 24.3 Å². The first-order valence-corrected chi connectivity index (χ1v) is 8.54. The Morgan fingerprint density at radius 3 is 2.55 bits per heavy atom. The van der Waals surface area contributed by atoms with E-state index in [9.17, 15) is 4.79 Å². The third kappa shape index (κ3) is 3.80. The van der Waals surface area contributed by atoms with E-state index in [4.69, 9.17) is 0 Å². The lowest BCUT2D eigenvalue weighted by molar-refractivity contribution is 0.102. The van der Waals surface area contributed by atoms with Crippen molar-refractivity contribution in [2.45, 2.75) is 25.5 Å². The molecule has 6 heteroatoms. The van der Waals surface area contributed by atoms with Gasteiger partial charge in [-0.2, -0.15) is 11.8 Å².